The molecule has 0 amide bonds. The van der Waals surface area contributed by atoms with Crippen LogP contribution in [0.3, 0.4) is 0 Å². The van der Waals surface area contributed by atoms with Crippen LogP contribution in [0.1, 0.15) is 22.3 Å². The predicted molar refractivity (Wildman–Crippen MR) is 229 cm³/mol. The Morgan fingerprint density at radius 2 is 0.438 bits per heavy atom. The Bertz CT molecular complexity index is 1660. The third kappa shape index (κ3) is 9.44. The van der Waals surface area contributed by atoms with Crippen molar-refractivity contribution in [3.8, 4) is 22.3 Å². The van der Waals surface area contributed by atoms with Crippen LogP contribution < -0.4 is 0 Å². The summed E-state index contributed by atoms with van der Waals surface area (Å²) in [6.07, 6.45) is 0. The largest absolute Gasteiger partial charge is 0.0867 e. The molecule has 4 aromatic carbocycles. The summed E-state index contributed by atoms with van der Waals surface area (Å²) in [6.45, 7) is 29.5. The van der Waals surface area contributed by atoms with Gasteiger partial charge in [0.2, 0.25) is 0 Å². The van der Waals surface area contributed by atoms with Gasteiger partial charge in [-0.2, -0.15) is 0 Å². The second-order valence-corrected chi connectivity index (χ2v) is 38.1. The molecule has 4 aromatic rings. The molecule has 0 atom stereocenters. The van der Waals surface area contributed by atoms with Crippen LogP contribution in [0.15, 0.2) is 120 Å². The van der Waals surface area contributed by atoms with E-state index in [1.807, 2.05) is 0 Å². The summed E-state index contributed by atoms with van der Waals surface area (Å²) < 4.78 is 0. The van der Waals surface area contributed by atoms with Crippen molar-refractivity contribution in [1.29, 1.82) is 0 Å². The van der Waals surface area contributed by atoms with Crippen LogP contribution >= 0.6 is 0 Å². The van der Waals surface area contributed by atoms with Gasteiger partial charge in [0.05, 0.1) is 32.3 Å². The van der Waals surface area contributed by atoms with E-state index in [4.69, 9.17) is 0 Å². The molecule has 1 aliphatic rings. The summed E-state index contributed by atoms with van der Waals surface area (Å²) in [5.74, 6) is 0. The highest BCUT2D eigenvalue weighted by Gasteiger charge is 2.23. The molecule has 0 aliphatic heterocycles. The quantitative estimate of drug-likeness (QED) is 0.186. The average Bonchev–Trinajstić information content (AvgIpc) is 2.98. The monoisotopic (exact) mass is 696 g/mol. The first-order valence-corrected chi connectivity index (χ1v) is 31.9. The Balaban J connectivity index is 1.95. The maximum atomic E-state index is 2.63. The summed E-state index contributed by atoms with van der Waals surface area (Å²) in [5.41, 5.74) is 26.4. The Morgan fingerprint density at radius 3 is 0.604 bits per heavy atom. The van der Waals surface area contributed by atoms with Crippen LogP contribution in [0.5, 0.6) is 0 Å². The van der Waals surface area contributed by atoms with Crippen LogP contribution in [0.4, 0.5) is 0 Å². The van der Waals surface area contributed by atoms with Gasteiger partial charge in [-0.05, 0) is 91.1 Å². The van der Waals surface area contributed by atoms with E-state index < -0.39 is 32.3 Å². The zero-order chi connectivity index (χ0) is 35.1. The Hall–Kier alpha value is -3.29. The summed E-state index contributed by atoms with van der Waals surface area (Å²) in [6, 6.07) is 37.4. The van der Waals surface area contributed by atoms with Crippen LogP contribution in [-0.4, -0.2) is 32.3 Å². The van der Waals surface area contributed by atoms with Crippen LogP contribution in [0, 0.1) is 0 Å². The van der Waals surface area contributed by atoms with Crippen molar-refractivity contribution in [2.45, 2.75) is 78.6 Å². The smallest absolute Gasteiger partial charge is 0.0695 e. The molecule has 0 spiro atoms. The van der Waals surface area contributed by atoms with E-state index in [0.717, 1.165) is 0 Å². The number of rotatable bonds is 4. The van der Waals surface area contributed by atoms with Gasteiger partial charge >= 0.3 is 0 Å². The van der Waals surface area contributed by atoms with Gasteiger partial charge in [-0.1, -0.05) is 174 Å². The summed E-state index contributed by atoms with van der Waals surface area (Å²) in [7, 11) is -6.44. The molecule has 0 heterocycles. The second kappa shape index (κ2) is 13.5. The fourth-order valence-corrected chi connectivity index (χ4v) is 11.2. The molecule has 48 heavy (non-hydrogen) atoms. The van der Waals surface area contributed by atoms with E-state index in [0.29, 0.717) is 0 Å². The van der Waals surface area contributed by atoms with E-state index in [2.05, 4.69) is 198 Å². The molecule has 1 aliphatic carbocycles. The summed E-state index contributed by atoms with van der Waals surface area (Å²) in [4.78, 5) is 0. The molecule has 0 saturated carbocycles. The maximum absolute atomic E-state index is 2.63. The van der Waals surface area contributed by atoms with E-state index in [-0.39, 0.29) is 0 Å². The lowest BCUT2D eigenvalue weighted by Gasteiger charge is -2.24. The number of fused-ring (bicyclic) bond motifs is 10. The first-order chi connectivity index (χ1) is 22.2. The normalized spacial score (nSPS) is 17.8. The maximum Gasteiger partial charge on any atom is 0.0695 e. The number of hydrogen-bond donors (Lipinski definition) is 0. The van der Waals surface area contributed by atoms with E-state index in [1.54, 1.807) is 0 Å². The molecule has 5 rings (SSSR count). The first-order valence-electron chi connectivity index (χ1n) is 17.6. The fraction of sp³-hybridized carbons (Fsp3) is 0.273. The van der Waals surface area contributed by atoms with Crippen molar-refractivity contribution in [2.75, 3.05) is 0 Å². The Morgan fingerprint density at radius 1 is 0.271 bits per heavy atom. The molecular formula is C44H56Si4. The van der Waals surface area contributed by atoms with Crippen molar-refractivity contribution in [3.63, 3.8) is 0 Å². The molecule has 8 bridgehead atoms. The minimum absolute atomic E-state index is 1.27. The van der Waals surface area contributed by atoms with Gasteiger partial charge in [0, 0.05) is 0 Å². The van der Waals surface area contributed by atoms with Gasteiger partial charge in [-0.15, -0.1) is 0 Å². The van der Waals surface area contributed by atoms with E-state index in [1.165, 1.54) is 66.8 Å². The molecule has 0 saturated heterocycles. The second-order valence-electron chi connectivity index (χ2n) is 18.0. The van der Waals surface area contributed by atoms with E-state index >= 15 is 0 Å². The number of benzene rings is 4. The lowest BCUT2D eigenvalue weighted by atomic mass is 9.88. The van der Waals surface area contributed by atoms with Gasteiger partial charge in [0.1, 0.15) is 0 Å². The minimum atomic E-state index is -1.61. The standard InChI is InChI=1S/C44H56Si4/c1-45(2,3)29-41-37-21-13-17-33(25-37)35-19-15-23-39(27-35)43(31-47(7,8)9)44(32-48(10,11)12)40-24-16-20-36(28-40)34-18-14-22-38(26-34)42(41)30-46(4,5)6/h13-32H,1-12H3/b41-29+,42-30+,43-31+,44-32+. The highest BCUT2D eigenvalue weighted by molar-refractivity contribution is 6.84. The Kier molecular flexibility index (Phi) is 10.2. The van der Waals surface area contributed by atoms with Gasteiger partial charge in [0.15, 0.2) is 0 Å². The first kappa shape index (κ1) is 36.0. The van der Waals surface area contributed by atoms with Crippen molar-refractivity contribution >= 4 is 54.6 Å². The van der Waals surface area contributed by atoms with Gasteiger partial charge in [-0.25, -0.2) is 0 Å². The van der Waals surface area contributed by atoms with Gasteiger partial charge in [-0.3, -0.25) is 0 Å². The zero-order valence-corrected chi connectivity index (χ0v) is 35.5. The molecule has 0 radical (unpaired) electrons. The highest BCUT2D eigenvalue weighted by atomic mass is 28.3. The molecule has 0 nitrogen and oxygen atoms in total. The molecule has 0 fully saturated rings. The molecule has 0 N–H and O–H groups in total. The highest BCUT2D eigenvalue weighted by Crippen LogP contribution is 2.41. The van der Waals surface area contributed by atoms with Crippen molar-refractivity contribution in [3.05, 3.63) is 142 Å². The van der Waals surface area contributed by atoms with Crippen molar-refractivity contribution in [1.82, 2.24) is 0 Å². The molecule has 4 heteroatoms. The molecular weight excluding hydrogens is 641 g/mol. The van der Waals surface area contributed by atoms with Crippen LogP contribution in [0.2, 0.25) is 78.6 Å². The third-order valence-corrected chi connectivity index (χ3v) is 12.9. The number of hydrogen-bond acceptors (Lipinski definition) is 0. The summed E-state index contributed by atoms with van der Waals surface area (Å²) >= 11 is 0. The average molecular weight is 697 g/mol. The van der Waals surface area contributed by atoms with Crippen LogP contribution in [0.25, 0.3) is 44.5 Å². The van der Waals surface area contributed by atoms with Crippen LogP contribution in [-0.2, 0) is 0 Å². The fourth-order valence-electron chi connectivity index (χ4n) is 6.46. The SMILES string of the molecule is C[Si](C)(C)/C=C1/C(=C/[Si](C)(C)C)c2cccc(c2)-c2cccc(c2)C(=C\[Si](C)(C)C)/C(=C/[Si](C)(C)C)c2cccc(c2)-c2cccc1c2. The number of allylic oxidation sites excluding steroid dienone is 4. The molecule has 248 valence electrons. The zero-order valence-electron chi connectivity index (χ0n) is 31.5. The molecule has 0 unspecified atom stereocenters. The lowest BCUT2D eigenvalue weighted by molar-refractivity contribution is 1.52. The Labute approximate surface area is 296 Å². The third-order valence-electron chi connectivity index (χ3n) is 8.25. The summed E-state index contributed by atoms with van der Waals surface area (Å²) in [5, 5.41) is 0. The van der Waals surface area contributed by atoms with E-state index in [9.17, 15) is 0 Å². The van der Waals surface area contributed by atoms with Crippen molar-refractivity contribution < 1.29 is 0 Å². The predicted octanol–water partition coefficient (Wildman–Crippen LogP) is 13.8. The van der Waals surface area contributed by atoms with Crippen molar-refractivity contribution in [2.24, 2.45) is 0 Å². The van der Waals surface area contributed by atoms with Gasteiger partial charge < -0.3 is 0 Å². The lowest BCUT2D eigenvalue weighted by Crippen LogP contribution is -2.19. The topological polar surface area (TPSA) is 0 Å². The minimum Gasteiger partial charge on any atom is -0.0867 e. The molecule has 0 aromatic heterocycles. The van der Waals surface area contributed by atoms with Gasteiger partial charge in [0.25, 0.3) is 0 Å².